The van der Waals surface area contributed by atoms with Crippen LogP contribution < -0.4 is 28.7 Å². The summed E-state index contributed by atoms with van der Waals surface area (Å²) in [7, 11) is 3.02. The van der Waals surface area contributed by atoms with Gasteiger partial charge in [-0.05, 0) is 94.5 Å². The van der Waals surface area contributed by atoms with E-state index in [4.69, 9.17) is 23.7 Å². The Balaban J connectivity index is 1.32. The highest BCUT2D eigenvalue weighted by atomic mass is 19.4. The van der Waals surface area contributed by atoms with Gasteiger partial charge in [0, 0.05) is 25.2 Å². The van der Waals surface area contributed by atoms with Gasteiger partial charge in [-0.15, -0.1) is 0 Å². The van der Waals surface area contributed by atoms with E-state index in [0.717, 1.165) is 13.0 Å². The molecule has 2 fully saturated rings. The quantitative estimate of drug-likeness (QED) is 0.0923. The summed E-state index contributed by atoms with van der Waals surface area (Å²) in [5, 5.41) is 9.24. The van der Waals surface area contributed by atoms with E-state index in [0.29, 0.717) is 35.5 Å². The number of piperazine rings is 1. The van der Waals surface area contributed by atoms with Crippen molar-refractivity contribution < 1.29 is 50.4 Å². The number of fused-ring (bicyclic) bond motifs is 5. The number of amides is 1. The highest BCUT2D eigenvalue weighted by molar-refractivity contribution is 5.98. The van der Waals surface area contributed by atoms with Gasteiger partial charge in [0.15, 0.2) is 5.82 Å². The average Bonchev–Trinajstić information content (AvgIpc) is 3.51. The zero-order valence-electron chi connectivity index (χ0n) is 36.9. The molecule has 3 aromatic carbocycles. The predicted octanol–water partition coefficient (Wildman–Crippen LogP) is 9.55. The molecule has 18 heteroatoms. The number of alkyl halides is 3. The van der Waals surface area contributed by atoms with Crippen LogP contribution in [0.1, 0.15) is 69.2 Å². The van der Waals surface area contributed by atoms with E-state index in [1.165, 1.54) is 14.2 Å². The van der Waals surface area contributed by atoms with Gasteiger partial charge in [0.05, 0.1) is 56.1 Å². The molecule has 65 heavy (non-hydrogen) atoms. The molecule has 5 aromatic rings. The second-order valence-electron chi connectivity index (χ2n) is 17.3. The first kappa shape index (κ1) is 44.9. The van der Waals surface area contributed by atoms with Gasteiger partial charge in [-0.2, -0.15) is 28.4 Å². The van der Waals surface area contributed by atoms with Crippen LogP contribution in [-0.4, -0.2) is 83.1 Å². The van der Waals surface area contributed by atoms with Crippen molar-refractivity contribution in [3.05, 3.63) is 88.5 Å². The van der Waals surface area contributed by atoms with Crippen LogP contribution in [0, 0.1) is 29.9 Å². The number of carbonyl (C=O) groups is 1. The van der Waals surface area contributed by atoms with E-state index in [1.807, 2.05) is 11.0 Å². The van der Waals surface area contributed by atoms with Crippen LogP contribution in [0.4, 0.5) is 38.3 Å². The molecule has 0 N–H and O–H groups in total. The molecule has 2 bridgehead atoms. The molecule has 3 aliphatic heterocycles. The van der Waals surface area contributed by atoms with Crippen LogP contribution in [0.25, 0.3) is 22.2 Å². The zero-order valence-corrected chi connectivity index (χ0v) is 36.9. The van der Waals surface area contributed by atoms with Crippen LogP contribution >= 0.6 is 0 Å². The van der Waals surface area contributed by atoms with Crippen molar-refractivity contribution in [3.63, 3.8) is 0 Å². The van der Waals surface area contributed by atoms with E-state index >= 15 is 22.0 Å². The molecule has 0 saturated carbocycles. The van der Waals surface area contributed by atoms with Crippen LogP contribution in [0.5, 0.6) is 23.4 Å². The third-order valence-corrected chi connectivity index (χ3v) is 11.9. The Morgan fingerprint density at radius 2 is 1.57 bits per heavy atom. The van der Waals surface area contributed by atoms with Crippen LogP contribution in [0.2, 0.25) is 0 Å². The summed E-state index contributed by atoms with van der Waals surface area (Å²) in [6.07, 6.45) is -5.36. The molecule has 8 rings (SSSR count). The summed E-state index contributed by atoms with van der Waals surface area (Å²) < 4.78 is 109. The molecule has 0 radical (unpaired) electrons. The fraction of sp³-hybridized carbons (Fsp3) is 0.426. The molecule has 4 atom stereocenters. The van der Waals surface area contributed by atoms with Crippen molar-refractivity contribution >= 4 is 28.5 Å². The van der Waals surface area contributed by atoms with Gasteiger partial charge in [-0.25, -0.2) is 18.6 Å². The minimum atomic E-state index is -5.19. The van der Waals surface area contributed by atoms with E-state index in [2.05, 4.69) is 15.0 Å². The van der Waals surface area contributed by atoms with Gasteiger partial charge in [0.1, 0.15) is 58.0 Å². The number of methoxy groups -OCH3 is 2. The van der Waals surface area contributed by atoms with Crippen molar-refractivity contribution in [1.29, 1.82) is 5.26 Å². The molecular weight excluding hydrogens is 854 g/mol. The number of benzene rings is 3. The predicted molar refractivity (Wildman–Crippen MR) is 230 cm³/mol. The molecule has 5 heterocycles. The maximum Gasteiger partial charge on any atom is 0.417 e. The van der Waals surface area contributed by atoms with Crippen molar-refractivity contribution in [2.75, 3.05) is 37.2 Å². The second-order valence-corrected chi connectivity index (χ2v) is 17.3. The van der Waals surface area contributed by atoms with Gasteiger partial charge >= 0.3 is 18.3 Å². The van der Waals surface area contributed by atoms with Crippen molar-refractivity contribution in [2.45, 2.75) is 103 Å². The second kappa shape index (κ2) is 17.4. The van der Waals surface area contributed by atoms with E-state index in [9.17, 15) is 10.1 Å². The number of carbonyl (C=O) groups excluding carboxylic acids is 1. The molecular formula is C47H48F5N7O6. The number of rotatable bonds is 11. The molecule has 13 nitrogen and oxygen atoms in total. The van der Waals surface area contributed by atoms with Gasteiger partial charge in [0.25, 0.3) is 0 Å². The van der Waals surface area contributed by atoms with Crippen LogP contribution in [0.15, 0.2) is 54.6 Å². The lowest BCUT2D eigenvalue weighted by atomic mass is 9.95. The molecule has 2 saturated heterocycles. The lowest BCUT2D eigenvalue weighted by molar-refractivity contribution is -0.137. The number of pyridine rings is 1. The Labute approximate surface area is 372 Å². The number of ether oxygens (including phenoxy) is 5. The van der Waals surface area contributed by atoms with Gasteiger partial charge in [-0.1, -0.05) is 24.3 Å². The topological polar surface area (TPSA) is 135 Å². The number of aromatic nitrogens is 3. The van der Waals surface area contributed by atoms with Crippen molar-refractivity contribution in [1.82, 2.24) is 19.9 Å². The van der Waals surface area contributed by atoms with Crippen molar-refractivity contribution in [2.24, 2.45) is 0 Å². The third-order valence-electron chi connectivity index (χ3n) is 11.9. The Morgan fingerprint density at radius 3 is 2.14 bits per heavy atom. The van der Waals surface area contributed by atoms with Gasteiger partial charge in [0.2, 0.25) is 5.88 Å². The summed E-state index contributed by atoms with van der Waals surface area (Å²) >= 11 is 0. The molecule has 2 aromatic heterocycles. The van der Waals surface area contributed by atoms with E-state index in [-0.39, 0.29) is 67.5 Å². The largest absolute Gasteiger partial charge is 0.497 e. The third kappa shape index (κ3) is 8.67. The Hall–Kier alpha value is -6.64. The summed E-state index contributed by atoms with van der Waals surface area (Å²) in [5.41, 5.74) is -3.89. The summed E-state index contributed by atoms with van der Waals surface area (Å²) in [6.45, 7) is 8.16. The summed E-state index contributed by atoms with van der Waals surface area (Å²) in [6, 6.07) is 15.1. The van der Waals surface area contributed by atoms with Crippen LogP contribution in [-0.2, 0) is 24.0 Å². The van der Waals surface area contributed by atoms with Crippen molar-refractivity contribution in [3.8, 4) is 40.7 Å². The zero-order chi connectivity index (χ0) is 46.5. The fourth-order valence-electron chi connectivity index (χ4n) is 9.14. The summed E-state index contributed by atoms with van der Waals surface area (Å²) in [4.78, 5) is 32.4. The Bertz CT molecular complexity index is 2600. The molecule has 342 valence electrons. The first-order chi connectivity index (χ1) is 30.9. The molecule has 1 amide bonds. The number of anilines is 2. The summed E-state index contributed by atoms with van der Waals surface area (Å²) in [5.74, 6) is -1.41. The standard InChI is InChI=1S/C47H48F5N7O6/c1-25-36(47(50,51)52)32(21-34(37(25)48)57(22-27-9-14-30(61-6)15-10-27)23-28-11-16-31(62-7)17-12-28)39-38(49)40-35-42(56-44(55-40)63-20-8-19-53)58-24-29-13-18-33(41(58)26(2)64-43(35)54-39)59(29)45(60)65-46(3,4)5/h9-12,14-17,21,26,29,33,41H,8,13,18,20,22-24H2,1-7H3/t26-,29+,33-,41+/m0/s1. The van der Waals surface area contributed by atoms with Gasteiger partial charge in [-0.3, -0.25) is 4.90 Å². The normalized spacial score (nSPS) is 18.9. The van der Waals surface area contributed by atoms with E-state index < -0.39 is 75.6 Å². The highest BCUT2D eigenvalue weighted by Gasteiger charge is 2.54. The highest BCUT2D eigenvalue weighted by Crippen LogP contribution is 2.49. The van der Waals surface area contributed by atoms with Crippen LogP contribution in [0.3, 0.4) is 0 Å². The Kier molecular flexibility index (Phi) is 12.0. The monoisotopic (exact) mass is 901 g/mol. The maximum absolute atomic E-state index is 17.7. The molecule has 0 aliphatic carbocycles. The number of nitrogens with zero attached hydrogens (tertiary/aromatic N) is 7. The number of hydrogen-bond acceptors (Lipinski definition) is 12. The molecule has 0 unspecified atom stereocenters. The minimum Gasteiger partial charge on any atom is -0.497 e. The average molecular weight is 902 g/mol. The lowest BCUT2D eigenvalue weighted by Gasteiger charge is -2.48. The Morgan fingerprint density at radius 1 is 0.938 bits per heavy atom. The van der Waals surface area contributed by atoms with E-state index in [1.54, 1.807) is 86.0 Å². The smallest absolute Gasteiger partial charge is 0.417 e. The molecule has 3 aliphatic rings. The van der Waals surface area contributed by atoms with Gasteiger partial charge < -0.3 is 33.5 Å². The number of halogens is 5. The molecule has 0 spiro atoms. The lowest BCUT2D eigenvalue weighted by Crippen LogP contribution is -2.65. The first-order valence-corrected chi connectivity index (χ1v) is 21.2. The number of hydrogen-bond donors (Lipinski definition) is 0. The maximum atomic E-state index is 17.7. The minimum absolute atomic E-state index is 0.0217. The fourth-order valence-corrected chi connectivity index (χ4v) is 9.14. The first-order valence-electron chi connectivity index (χ1n) is 21.2. The number of nitriles is 1. The SMILES string of the molecule is COc1ccc(CN(Cc2ccc(OC)cc2)c2cc(-c3nc4c5c(nc(OCCC#N)nc5c3F)N3C[C@H]5CC[C@@H]([C@H]3[C@H](C)O4)N5C(=O)OC(C)(C)C)c(C(F)(F)F)c(C)c2F)cc1.